The number of aromatic nitrogens is 4. The largest absolute Gasteiger partial charge is 0.481 e. The van der Waals surface area contributed by atoms with Gasteiger partial charge in [-0.3, -0.25) is 14.7 Å². The number of nitrogens with one attached hydrogen (secondary N) is 2. The van der Waals surface area contributed by atoms with Gasteiger partial charge in [0.2, 0.25) is 5.91 Å². The fourth-order valence-electron chi connectivity index (χ4n) is 2.50. The summed E-state index contributed by atoms with van der Waals surface area (Å²) in [5, 5.41) is 18.3. The Morgan fingerprint density at radius 1 is 1.24 bits per heavy atom. The predicted octanol–water partition coefficient (Wildman–Crippen LogP) is 2.37. The summed E-state index contributed by atoms with van der Waals surface area (Å²) in [6.07, 6.45) is 4.96. The Morgan fingerprint density at radius 2 is 2.00 bits per heavy atom. The van der Waals surface area contributed by atoms with Crippen molar-refractivity contribution < 1.29 is 14.7 Å². The van der Waals surface area contributed by atoms with Crippen LogP contribution in [-0.4, -0.2) is 36.7 Å². The lowest BCUT2D eigenvalue weighted by atomic mass is 10.1. The van der Waals surface area contributed by atoms with Crippen LogP contribution in [0.25, 0.3) is 16.8 Å². The molecule has 3 aromatic rings. The van der Waals surface area contributed by atoms with Crippen LogP contribution in [0.3, 0.4) is 0 Å². The van der Waals surface area contributed by atoms with Crippen LogP contribution in [-0.2, 0) is 9.59 Å². The molecule has 25 heavy (non-hydrogen) atoms. The number of carboxylic acids is 1. The van der Waals surface area contributed by atoms with Gasteiger partial charge >= 0.3 is 5.97 Å². The van der Waals surface area contributed by atoms with Gasteiger partial charge in [-0.2, -0.15) is 5.10 Å². The second-order valence-corrected chi connectivity index (χ2v) is 5.53. The molecule has 128 valence electrons. The molecule has 1 aromatic carbocycles. The Labute approximate surface area is 143 Å². The number of nitrogens with zero attached hydrogens (tertiary/aromatic N) is 3. The fourth-order valence-corrected chi connectivity index (χ4v) is 2.50. The van der Waals surface area contributed by atoms with Crippen LogP contribution in [0.15, 0.2) is 43.0 Å². The summed E-state index contributed by atoms with van der Waals surface area (Å²) in [5.41, 5.74) is 3.45. The van der Waals surface area contributed by atoms with Gasteiger partial charge in [0.1, 0.15) is 0 Å². The Hall–Kier alpha value is -3.42. The highest BCUT2D eigenvalue weighted by Gasteiger charge is 2.15. The minimum absolute atomic E-state index is 0.0970. The van der Waals surface area contributed by atoms with Gasteiger partial charge in [-0.25, -0.2) is 4.98 Å². The van der Waals surface area contributed by atoms with Crippen LogP contribution in [0.1, 0.15) is 18.5 Å². The highest BCUT2D eigenvalue weighted by molar-refractivity contribution is 5.95. The lowest BCUT2D eigenvalue weighted by molar-refractivity contribution is -0.138. The minimum atomic E-state index is -1.01. The SMILES string of the molecule is Cc1[nH]nc(NC(=O)CCC(=O)O)c1-c1ccc(-n2ccnc2)cc1. The normalized spacial score (nSPS) is 10.6. The van der Waals surface area contributed by atoms with Crippen LogP contribution < -0.4 is 5.32 Å². The highest BCUT2D eigenvalue weighted by Crippen LogP contribution is 2.30. The van der Waals surface area contributed by atoms with Crippen molar-refractivity contribution >= 4 is 17.7 Å². The fraction of sp³-hybridized carbons (Fsp3) is 0.176. The predicted molar refractivity (Wildman–Crippen MR) is 91.4 cm³/mol. The zero-order valence-corrected chi connectivity index (χ0v) is 13.6. The third-order valence-corrected chi connectivity index (χ3v) is 3.73. The molecule has 0 unspecified atom stereocenters. The molecule has 1 amide bonds. The topological polar surface area (TPSA) is 113 Å². The molecule has 0 spiro atoms. The van der Waals surface area contributed by atoms with E-state index in [1.807, 2.05) is 42.0 Å². The molecule has 0 fully saturated rings. The number of rotatable bonds is 6. The molecule has 0 atom stereocenters. The molecule has 3 rings (SSSR count). The quantitative estimate of drug-likeness (QED) is 0.638. The second-order valence-electron chi connectivity index (χ2n) is 5.53. The molecule has 0 aliphatic heterocycles. The molecule has 2 heterocycles. The van der Waals surface area contributed by atoms with E-state index in [0.717, 1.165) is 22.5 Å². The standard InChI is InChI=1S/C17H17N5O3/c1-11-16(17(21-20-11)19-14(23)6-7-15(24)25)12-2-4-13(5-3-12)22-9-8-18-10-22/h2-5,8-10H,6-7H2,1H3,(H,24,25)(H2,19,20,21,23). The van der Waals surface area contributed by atoms with Gasteiger partial charge < -0.3 is 15.0 Å². The molecule has 8 nitrogen and oxygen atoms in total. The smallest absolute Gasteiger partial charge is 0.303 e. The van der Waals surface area contributed by atoms with Gasteiger partial charge in [0.05, 0.1) is 12.7 Å². The van der Waals surface area contributed by atoms with Crippen molar-refractivity contribution in [3.8, 4) is 16.8 Å². The van der Waals surface area contributed by atoms with Crippen molar-refractivity contribution in [2.75, 3.05) is 5.32 Å². The highest BCUT2D eigenvalue weighted by atomic mass is 16.4. The first-order chi connectivity index (χ1) is 12.0. The van der Waals surface area contributed by atoms with Crippen LogP contribution in [0.5, 0.6) is 0 Å². The van der Waals surface area contributed by atoms with Gasteiger partial charge in [-0.05, 0) is 24.6 Å². The Kier molecular flexibility index (Phi) is 4.60. The zero-order valence-electron chi connectivity index (χ0n) is 13.6. The van der Waals surface area contributed by atoms with Gasteiger partial charge in [0.25, 0.3) is 0 Å². The number of anilines is 1. The van der Waals surface area contributed by atoms with E-state index in [2.05, 4.69) is 20.5 Å². The zero-order chi connectivity index (χ0) is 17.8. The number of imidazole rings is 1. The van der Waals surface area contributed by atoms with Crippen LogP contribution in [0.2, 0.25) is 0 Å². The number of aromatic amines is 1. The Balaban J connectivity index is 1.81. The summed E-state index contributed by atoms with van der Waals surface area (Å²) in [6.45, 7) is 1.86. The summed E-state index contributed by atoms with van der Waals surface area (Å²) in [6, 6.07) is 7.75. The van der Waals surface area contributed by atoms with E-state index in [1.165, 1.54) is 0 Å². The monoisotopic (exact) mass is 339 g/mol. The number of aryl methyl sites for hydroxylation is 1. The van der Waals surface area contributed by atoms with E-state index < -0.39 is 5.97 Å². The van der Waals surface area contributed by atoms with Crippen molar-refractivity contribution in [1.29, 1.82) is 0 Å². The van der Waals surface area contributed by atoms with Gasteiger partial charge in [0.15, 0.2) is 5.82 Å². The maximum Gasteiger partial charge on any atom is 0.303 e. The Morgan fingerprint density at radius 3 is 2.64 bits per heavy atom. The maximum atomic E-state index is 11.9. The van der Waals surface area contributed by atoms with E-state index in [-0.39, 0.29) is 18.7 Å². The third kappa shape index (κ3) is 3.74. The molecule has 8 heteroatoms. The maximum absolute atomic E-state index is 11.9. The molecular weight excluding hydrogens is 322 g/mol. The summed E-state index contributed by atoms with van der Waals surface area (Å²) in [5.74, 6) is -1.00. The van der Waals surface area contributed by atoms with Crippen molar-refractivity contribution in [1.82, 2.24) is 19.7 Å². The molecule has 0 aliphatic carbocycles. The summed E-state index contributed by atoms with van der Waals surface area (Å²) < 4.78 is 1.89. The number of benzene rings is 1. The average molecular weight is 339 g/mol. The van der Waals surface area contributed by atoms with Crippen molar-refractivity contribution in [3.05, 3.63) is 48.7 Å². The van der Waals surface area contributed by atoms with Gasteiger partial charge in [-0.1, -0.05) is 12.1 Å². The summed E-state index contributed by atoms with van der Waals surface area (Å²) in [4.78, 5) is 26.5. The minimum Gasteiger partial charge on any atom is -0.481 e. The van der Waals surface area contributed by atoms with E-state index >= 15 is 0 Å². The summed E-state index contributed by atoms with van der Waals surface area (Å²) >= 11 is 0. The third-order valence-electron chi connectivity index (χ3n) is 3.73. The first kappa shape index (κ1) is 16.4. The lowest BCUT2D eigenvalue weighted by Crippen LogP contribution is -2.14. The first-order valence-corrected chi connectivity index (χ1v) is 7.70. The van der Waals surface area contributed by atoms with Gasteiger partial charge in [-0.15, -0.1) is 0 Å². The average Bonchev–Trinajstić information content (AvgIpc) is 3.24. The van der Waals surface area contributed by atoms with E-state index in [4.69, 9.17) is 5.11 Å². The molecule has 0 radical (unpaired) electrons. The Bertz CT molecular complexity index is 882. The molecule has 0 aliphatic rings. The number of H-pyrrole nitrogens is 1. The van der Waals surface area contributed by atoms with Gasteiger partial charge in [0, 0.05) is 35.8 Å². The number of carbonyl (C=O) groups is 2. The summed E-state index contributed by atoms with van der Waals surface area (Å²) in [7, 11) is 0. The lowest BCUT2D eigenvalue weighted by Gasteiger charge is -2.07. The molecule has 3 N–H and O–H groups in total. The number of carboxylic acid groups (broad SMARTS) is 1. The number of hydrogen-bond acceptors (Lipinski definition) is 4. The van der Waals surface area contributed by atoms with Crippen LogP contribution in [0, 0.1) is 6.92 Å². The van der Waals surface area contributed by atoms with E-state index in [9.17, 15) is 9.59 Å². The number of amides is 1. The number of aliphatic carboxylic acids is 1. The molecule has 2 aromatic heterocycles. The molecule has 0 bridgehead atoms. The molecular formula is C17H17N5O3. The van der Waals surface area contributed by atoms with Crippen molar-refractivity contribution in [2.45, 2.75) is 19.8 Å². The van der Waals surface area contributed by atoms with Crippen LogP contribution >= 0.6 is 0 Å². The molecule has 0 saturated heterocycles. The van der Waals surface area contributed by atoms with E-state index in [1.54, 1.807) is 12.5 Å². The molecule has 0 saturated carbocycles. The first-order valence-electron chi connectivity index (χ1n) is 7.70. The van der Waals surface area contributed by atoms with Crippen molar-refractivity contribution in [3.63, 3.8) is 0 Å². The van der Waals surface area contributed by atoms with Crippen LogP contribution in [0.4, 0.5) is 5.82 Å². The number of carbonyl (C=O) groups excluding carboxylic acids is 1. The van der Waals surface area contributed by atoms with E-state index in [0.29, 0.717) is 5.82 Å². The second kappa shape index (κ2) is 7.00. The van der Waals surface area contributed by atoms with Crippen molar-refractivity contribution in [2.24, 2.45) is 0 Å². The number of hydrogen-bond donors (Lipinski definition) is 3.